The number of nitrogens with zero attached hydrogens (tertiary/aromatic N) is 3. The Morgan fingerprint density at radius 2 is 2.10 bits per heavy atom. The Hall–Kier alpha value is -0.840. The van der Waals surface area contributed by atoms with Crippen LogP contribution >= 0.6 is 11.6 Å². The second kappa shape index (κ2) is 7.97. The number of aromatic nitrogens is 1. The molecule has 4 nitrogen and oxygen atoms in total. The smallest absolute Gasteiger partial charge is 0.147 e. The van der Waals surface area contributed by atoms with E-state index in [-0.39, 0.29) is 0 Å². The lowest BCUT2D eigenvalue weighted by molar-refractivity contribution is 0.249. The Morgan fingerprint density at radius 1 is 1.38 bits per heavy atom. The predicted molar refractivity (Wildman–Crippen MR) is 90.2 cm³/mol. The first kappa shape index (κ1) is 16.5. The molecule has 21 heavy (non-hydrogen) atoms. The van der Waals surface area contributed by atoms with E-state index in [1.165, 1.54) is 12.8 Å². The first-order valence-electron chi connectivity index (χ1n) is 7.88. The average Bonchev–Trinajstić information content (AvgIpc) is 2.48. The largest absolute Gasteiger partial charge is 0.355 e. The lowest BCUT2D eigenvalue weighted by Gasteiger charge is -2.36. The molecule has 2 rings (SSSR count). The fourth-order valence-electron chi connectivity index (χ4n) is 2.80. The normalized spacial score (nSPS) is 16.7. The van der Waals surface area contributed by atoms with Crippen LogP contribution in [-0.2, 0) is 6.54 Å². The molecule has 0 atom stereocenters. The number of rotatable bonds is 6. The van der Waals surface area contributed by atoms with Gasteiger partial charge in [0.15, 0.2) is 0 Å². The highest BCUT2D eigenvalue weighted by Gasteiger charge is 2.22. The number of nitrogens with one attached hydrogen (secondary N) is 1. The van der Waals surface area contributed by atoms with Crippen molar-refractivity contribution in [2.45, 2.75) is 38.8 Å². The highest BCUT2D eigenvalue weighted by atomic mass is 35.5. The van der Waals surface area contributed by atoms with Crippen LogP contribution in [-0.4, -0.2) is 49.7 Å². The molecule has 1 fully saturated rings. The van der Waals surface area contributed by atoms with Gasteiger partial charge in [0.25, 0.3) is 0 Å². The van der Waals surface area contributed by atoms with Crippen molar-refractivity contribution in [3.8, 4) is 0 Å². The van der Waals surface area contributed by atoms with Crippen LogP contribution in [0.2, 0.25) is 5.02 Å². The average molecular weight is 311 g/mol. The van der Waals surface area contributed by atoms with E-state index < -0.39 is 0 Å². The molecule has 0 amide bonds. The number of hydrogen-bond donors (Lipinski definition) is 1. The van der Waals surface area contributed by atoms with Gasteiger partial charge in [-0.05, 0) is 51.5 Å². The van der Waals surface area contributed by atoms with Gasteiger partial charge in [0, 0.05) is 31.9 Å². The van der Waals surface area contributed by atoms with Crippen molar-refractivity contribution in [2.75, 3.05) is 38.6 Å². The molecule has 0 saturated carbocycles. The number of anilines is 1. The van der Waals surface area contributed by atoms with Crippen molar-refractivity contribution in [2.24, 2.45) is 0 Å². The standard InChI is InChI=1S/C16H27ClN4/c1-4-7-18-11-13-10-15(17)16(19-12-13)21-8-5-14(6-9-21)20(2)3/h10,12,14,18H,4-9,11H2,1-3H3. The fraction of sp³-hybridized carbons (Fsp3) is 0.688. The van der Waals surface area contributed by atoms with Crippen LogP contribution in [0.4, 0.5) is 5.82 Å². The zero-order valence-electron chi connectivity index (χ0n) is 13.4. The van der Waals surface area contributed by atoms with E-state index in [1.807, 2.05) is 12.3 Å². The van der Waals surface area contributed by atoms with Crippen molar-refractivity contribution in [1.82, 2.24) is 15.2 Å². The third-order valence-electron chi connectivity index (χ3n) is 4.13. The zero-order chi connectivity index (χ0) is 15.2. The summed E-state index contributed by atoms with van der Waals surface area (Å²) in [6, 6.07) is 2.72. The maximum Gasteiger partial charge on any atom is 0.147 e. The van der Waals surface area contributed by atoms with Crippen molar-refractivity contribution in [3.05, 3.63) is 22.8 Å². The molecule has 0 bridgehead atoms. The van der Waals surface area contributed by atoms with Crippen LogP contribution in [0.5, 0.6) is 0 Å². The maximum atomic E-state index is 6.43. The summed E-state index contributed by atoms with van der Waals surface area (Å²) in [6.07, 6.45) is 5.43. The molecule has 0 radical (unpaired) electrons. The van der Waals surface area contributed by atoms with E-state index in [9.17, 15) is 0 Å². The Bertz CT molecular complexity index is 442. The molecule has 0 unspecified atom stereocenters. The zero-order valence-corrected chi connectivity index (χ0v) is 14.2. The van der Waals surface area contributed by atoms with Crippen LogP contribution < -0.4 is 10.2 Å². The molecule has 2 heterocycles. The van der Waals surface area contributed by atoms with E-state index in [1.54, 1.807) is 0 Å². The highest BCUT2D eigenvalue weighted by Crippen LogP contribution is 2.27. The molecule has 1 aromatic heterocycles. The third kappa shape index (κ3) is 4.56. The molecule has 1 aromatic rings. The van der Waals surface area contributed by atoms with E-state index in [4.69, 9.17) is 11.6 Å². The number of halogens is 1. The van der Waals surface area contributed by atoms with Crippen molar-refractivity contribution >= 4 is 17.4 Å². The summed E-state index contributed by atoms with van der Waals surface area (Å²) in [7, 11) is 4.31. The minimum absolute atomic E-state index is 0.678. The molecule has 1 aliphatic heterocycles. The molecule has 1 saturated heterocycles. The Morgan fingerprint density at radius 3 is 2.67 bits per heavy atom. The second-order valence-electron chi connectivity index (χ2n) is 6.01. The lowest BCUT2D eigenvalue weighted by atomic mass is 10.0. The van der Waals surface area contributed by atoms with Crippen LogP contribution in [0.1, 0.15) is 31.7 Å². The van der Waals surface area contributed by atoms with Gasteiger partial charge in [-0.3, -0.25) is 0 Å². The minimum Gasteiger partial charge on any atom is -0.355 e. The topological polar surface area (TPSA) is 31.4 Å². The first-order chi connectivity index (χ1) is 10.1. The summed E-state index contributed by atoms with van der Waals surface area (Å²) < 4.78 is 0. The number of hydrogen-bond acceptors (Lipinski definition) is 4. The third-order valence-corrected chi connectivity index (χ3v) is 4.41. The second-order valence-corrected chi connectivity index (χ2v) is 6.41. The van der Waals surface area contributed by atoms with E-state index >= 15 is 0 Å². The number of pyridine rings is 1. The maximum absolute atomic E-state index is 6.43. The molecule has 0 spiro atoms. The van der Waals surface area contributed by atoms with Crippen LogP contribution in [0.25, 0.3) is 0 Å². The Kier molecular flexibility index (Phi) is 6.27. The Labute approximate surface area is 133 Å². The summed E-state index contributed by atoms with van der Waals surface area (Å²) in [5.74, 6) is 0.938. The molecule has 1 aliphatic rings. The summed E-state index contributed by atoms with van der Waals surface area (Å²) in [5.41, 5.74) is 1.15. The molecule has 0 aromatic carbocycles. The molecule has 5 heteroatoms. The molecule has 0 aliphatic carbocycles. The quantitative estimate of drug-likeness (QED) is 0.819. The van der Waals surface area contributed by atoms with Gasteiger partial charge in [-0.2, -0.15) is 0 Å². The van der Waals surface area contributed by atoms with Gasteiger partial charge in [0.2, 0.25) is 0 Å². The summed E-state index contributed by atoms with van der Waals surface area (Å²) in [6.45, 7) is 6.09. The van der Waals surface area contributed by atoms with Gasteiger partial charge in [-0.25, -0.2) is 4.98 Å². The molecular weight excluding hydrogens is 284 g/mol. The van der Waals surface area contributed by atoms with Crippen LogP contribution in [0, 0.1) is 0 Å². The van der Waals surface area contributed by atoms with Gasteiger partial charge in [-0.1, -0.05) is 18.5 Å². The fourth-order valence-corrected chi connectivity index (χ4v) is 3.11. The van der Waals surface area contributed by atoms with Gasteiger partial charge in [0.1, 0.15) is 5.82 Å². The van der Waals surface area contributed by atoms with E-state index in [0.29, 0.717) is 6.04 Å². The van der Waals surface area contributed by atoms with Crippen molar-refractivity contribution in [3.63, 3.8) is 0 Å². The summed E-state index contributed by atoms with van der Waals surface area (Å²) in [4.78, 5) is 9.22. The summed E-state index contributed by atoms with van der Waals surface area (Å²) >= 11 is 6.43. The van der Waals surface area contributed by atoms with Gasteiger partial charge in [-0.15, -0.1) is 0 Å². The van der Waals surface area contributed by atoms with Crippen molar-refractivity contribution in [1.29, 1.82) is 0 Å². The highest BCUT2D eigenvalue weighted by molar-refractivity contribution is 6.33. The lowest BCUT2D eigenvalue weighted by Crippen LogP contribution is -2.42. The number of piperidine rings is 1. The van der Waals surface area contributed by atoms with Crippen LogP contribution in [0.15, 0.2) is 12.3 Å². The Balaban J connectivity index is 1.95. The van der Waals surface area contributed by atoms with Gasteiger partial charge in [0.05, 0.1) is 5.02 Å². The van der Waals surface area contributed by atoms with E-state index in [0.717, 1.165) is 49.0 Å². The van der Waals surface area contributed by atoms with Gasteiger partial charge < -0.3 is 15.1 Å². The van der Waals surface area contributed by atoms with E-state index in [2.05, 4.69) is 41.1 Å². The predicted octanol–water partition coefficient (Wildman–Crippen LogP) is 2.77. The molecule has 118 valence electrons. The van der Waals surface area contributed by atoms with Crippen molar-refractivity contribution < 1.29 is 0 Å². The first-order valence-corrected chi connectivity index (χ1v) is 8.26. The monoisotopic (exact) mass is 310 g/mol. The molecular formula is C16H27ClN4. The van der Waals surface area contributed by atoms with Crippen LogP contribution in [0.3, 0.4) is 0 Å². The SMILES string of the molecule is CCCNCc1cnc(N2CCC(N(C)C)CC2)c(Cl)c1. The van der Waals surface area contributed by atoms with Gasteiger partial charge >= 0.3 is 0 Å². The summed E-state index contributed by atoms with van der Waals surface area (Å²) in [5, 5.41) is 4.15. The molecule has 1 N–H and O–H groups in total. The minimum atomic E-state index is 0.678.